The molecule has 0 unspecified atom stereocenters. The van der Waals surface area contributed by atoms with E-state index in [1.54, 1.807) is 0 Å². The Labute approximate surface area is 109 Å². The van der Waals surface area contributed by atoms with Crippen LogP contribution in [0.25, 0.3) is 0 Å². The first-order valence-electron chi connectivity index (χ1n) is 6.90. The quantitative estimate of drug-likeness (QED) is 0.629. The number of urea groups is 1. The van der Waals surface area contributed by atoms with Gasteiger partial charge < -0.3 is 20.4 Å². The lowest BCUT2D eigenvalue weighted by Crippen LogP contribution is -2.46. The Morgan fingerprint density at radius 1 is 1.11 bits per heavy atom. The lowest BCUT2D eigenvalue weighted by molar-refractivity contribution is 0.189. The zero-order valence-corrected chi connectivity index (χ0v) is 11.3. The SMILES string of the molecule is CN(CCN1CCNCC1)CCN1CCNC1=O. The van der Waals surface area contributed by atoms with Crippen molar-refractivity contribution in [3.05, 3.63) is 0 Å². The lowest BCUT2D eigenvalue weighted by atomic mass is 10.3. The zero-order valence-electron chi connectivity index (χ0n) is 11.3. The molecule has 0 radical (unpaired) electrons. The molecule has 2 heterocycles. The molecular weight excluding hydrogens is 230 g/mol. The van der Waals surface area contributed by atoms with Gasteiger partial charge in [-0.05, 0) is 7.05 Å². The molecule has 6 nitrogen and oxygen atoms in total. The van der Waals surface area contributed by atoms with E-state index in [9.17, 15) is 4.79 Å². The van der Waals surface area contributed by atoms with Crippen molar-refractivity contribution in [2.75, 3.05) is 72.5 Å². The molecule has 2 N–H and O–H groups in total. The number of likely N-dealkylation sites (N-methyl/N-ethyl adjacent to an activating group) is 1. The van der Waals surface area contributed by atoms with Crippen LogP contribution in [0.2, 0.25) is 0 Å². The number of nitrogens with zero attached hydrogens (tertiary/aromatic N) is 3. The van der Waals surface area contributed by atoms with Gasteiger partial charge in [-0.1, -0.05) is 0 Å². The predicted molar refractivity (Wildman–Crippen MR) is 71.8 cm³/mol. The highest BCUT2D eigenvalue weighted by Crippen LogP contribution is 1.97. The van der Waals surface area contributed by atoms with E-state index in [1.165, 1.54) is 0 Å². The molecule has 0 atom stereocenters. The van der Waals surface area contributed by atoms with E-state index in [4.69, 9.17) is 0 Å². The van der Waals surface area contributed by atoms with Crippen molar-refractivity contribution in [2.45, 2.75) is 0 Å². The van der Waals surface area contributed by atoms with Gasteiger partial charge in [-0.2, -0.15) is 0 Å². The molecule has 2 aliphatic rings. The van der Waals surface area contributed by atoms with Crippen LogP contribution in [0, 0.1) is 0 Å². The van der Waals surface area contributed by atoms with E-state index in [-0.39, 0.29) is 6.03 Å². The van der Waals surface area contributed by atoms with Gasteiger partial charge in [0.1, 0.15) is 0 Å². The largest absolute Gasteiger partial charge is 0.336 e. The molecule has 0 spiro atoms. The predicted octanol–water partition coefficient (Wildman–Crippen LogP) is -1.15. The van der Waals surface area contributed by atoms with Crippen LogP contribution in [0.5, 0.6) is 0 Å². The fourth-order valence-corrected chi connectivity index (χ4v) is 2.37. The molecule has 0 saturated carbocycles. The van der Waals surface area contributed by atoms with E-state index < -0.39 is 0 Å². The van der Waals surface area contributed by atoms with Crippen LogP contribution in [0.15, 0.2) is 0 Å². The van der Waals surface area contributed by atoms with Crippen molar-refractivity contribution in [1.82, 2.24) is 25.3 Å². The average Bonchev–Trinajstić information content (AvgIpc) is 2.81. The fourth-order valence-electron chi connectivity index (χ4n) is 2.37. The average molecular weight is 255 g/mol. The number of nitrogens with one attached hydrogen (secondary N) is 2. The van der Waals surface area contributed by atoms with Crippen molar-refractivity contribution in [1.29, 1.82) is 0 Å². The summed E-state index contributed by atoms with van der Waals surface area (Å²) in [6.07, 6.45) is 0. The Morgan fingerprint density at radius 2 is 1.83 bits per heavy atom. The summed E-state index contributed by atoms with van der Waals surface area (Å²) in [6.45, 7) is 10.2. The Bertz CT molecular complexity index is 267. The van der Waals surface area contributed by atoms with E-state index in [0.717, 1.165) is 65.4 Å². The van der Waals surface area contributed by atoms with Gasteiger partial charge in [-0.15, -0.1) is 0 Å². The summed E-state index contributed by atoms with van der Waals surface area (Å²) in [7, 11) is 2.14. The van der Waals surface area contributed by atoms with E-state index in [1.807, 2.05) is 4.90 Å². The maximum absolute atomic E-state index is 11.4. The summed E-state index contributed by atoms with van der Waals surface area (Å²) in [5, 5.41) is 6.19. The van der Waals surface area contributed by atoms with Crippen molar-refractivity contribution in [3.8, 4) is 0 Å². The Hall–Kier alpha value is -0.850. The van der Waals surface area contributed by atoms with Gasteiger partial charge in [0, 0.05) is 65.4 Å². The van der Waals surface area contributed by atoms with E-state index in [0.29, 0.717) is 0 Å². The molecular formula is C12H25N5O. The summed E-state index contributed by atoms with van der Waals surface area (Å²) < 4.78 is 0. The molecule has 0 aromatic rings. The van der Waals surface area contributed by atoms with Crippen LogP contribution in [-0.2, 0) is 0 Å². The van der Waals surface area contributed by atoms with Gasteiger partial charge >= 0.3 is 6.03 Å². The molecule has 6 heteroatoms. The number of carbonyl (C=O) groups is 1. The standard InChI is InChI=1S/C12H25N5O/c1-15(8-10-16-5-2-13-3-6-16)9-11-17-7-4-14-12(17)18/h13H,2-11H2,1H3,(H,14,18). The zero-order chi connectivity index (χ0) is 12.8. The molecule has 2 rings (SSSR count). The normalized spacial score (nSPS) is 21.7. The third kappa shape index (κ3) is 4.12. The summed E-state index contributed by atoms with van der Waals surface area (Å²) in [5.41, 5.74) is 0. The highest BCUT2D eigenvalue weighted by Gasteiger charge is 2.19. The van der Waals surface area contributed by atoms with E-state index in [2.05, 4.69) is 27.5 Å². The highest BCUT2D eigenvalue weighted by atomic mass is 16.2. The van der Waals surface area contributed by atoms with E-state index >= 15 is 0 Å². The maximum Gasteiger partial charge on any atom is 0.317 e. The molecule has 104 valence electrons. The van der Waals surface area contributed by atoms with Crippen molar-refractivity contribution < 1.29 is 4.79 Å². The number of hydrogen-bond donors (Lipinski definition) is 2. The monoisotopic (exact) mass is 255 g/mol. The fraction of sp³-hybridized carbons (Fsp3) is 0.917. The first-order chi connectivity index (χ1) is 8.75. The molecule has 0 aromatic carbocycles. The summed E-state index contributed by atoms with van der Waals surface area (Å²) in [6, 6.07) is 0.0884. The number of carbonyl (C=O) groups excluding carboxylic acids is 1. The number of hydrogen-bond acceptors (Lipinski definition) is 4. The number of rotatable bonds is 6. The first kappa shape index (κ1) is 13.6. The molecule has 0 aromatic heterocycles. The van der Waals surface area contributed by atoms with Gasteiger partial charge in [0.2, 0.25) is 0 Å². The lowest BCUT2D eigenvalue weighted by Gasteiger charge is -2.29. The van der Waals surface area contributed by atoms with Crippen LogP contribution in [-0.4, -0.2) is 93.2 Å². The van der Waals surface area contributed by atoms with Crippen molar-refractivity contribution >= 4 is 6.03 Å². The van der Waals surface area contributed by atoms with Gasteiger partial charge in [-0.25, -0.2) is 4.79 Å². The van der Waals surface area contributed by atoms with Crippen LogP contribution in [0.1, 0.15) is 0 Å². The number of amides is 2. The van der Waals surface area contributed by atoms with Gasteiger partial charge in [0.25, 0.3) is 0 Å². The van der Waals surface area contributed by atoms with Crippen LogP contribution < -0.4 is 10.6 Å². The topological polar surface area (TPSA) is 50.9 Å². The first-order valence-corrected chi connectivity index (χ1v) is 6.90. The molecule has 18 heavy (non-hydrogen) atoms. The Kier molecular flexibility index (Phi) is 5.22. The third-order valence-electron chi connectivity index (χ3n) is 3.70. The van der Waals surface area contributed by atoms with Gasteiger partial charge in [-0.3, -0.25) is 4.90 Å². The van der Waals surface area contributed by atoms with Crippen molar-refractivity contribution in [3.63, 3.8) is 0 Å². The second-order valence-electron chi connectivity index (χ2n) is 5.11. The van der Waals surface area contributed by atoms with Crippen LogP contribution in [0.3, 0.4) is 0 Å². The van der Waals surface area contributed by atoms with Crippen LogP contribution in [0.4, 0.5) is 4.79 Å². The molecule has 2 aliphatic heterocycles. The maximum atomic E-state index is 11.4. The molecule has 0 aliphatic carbocycles. The summed E-state index contributed by atoms with van der Waals surface area (Å²) in [5.74, 6) is 0. The minimum atomic E-state index is 0.0884. The second kappa shape index (κ2) is 6.92. The van der Waals surface area contributed by atoms with Crippen LogP contribution >= 0.6 is 0 Å². The van der Waals surface area contributed by atoms with Gasteiger partial charge in [0.05, 0.1) is 0 Å². The Morgan fingerprint density at radius 3 is 2.50 bits per heavy atom. The highest BCUT2D eigenvalue weighted by molar-refractivity contribution is 5.76. The molecule has 0 bridgehead atoms. The summed E-state index contributed by atoms with van der Waals surface area (Å²) in [4.78, 5) is 18.1. The minimum absolute atomic E-state index is 0.0884. The third-order valence-corrected chi connectivity index (χ3v) is 3.70. The summed E-state index contributed by atoms with van der Waals surface area (Å²) >= 11 is 0. The Balaban J connectivity index is 1.56. The molecule has 2 fully saturated rings. The van der Waals surface area contributed by atoms with Crippen molar-refractivity contribution in [2.24, 2.45) is 0 Å². The minimum Gasteiger partial charge on any atom is -0.336 e. The molecule has 2 amide bonds. The van der Waals surface area contributed by atoms with Gasteiger partial charge in [0.15, 0.2) is 0 Å². The molecule has 2 saturated heterocycles. The smallest absolute Gasteiger partial charge is 0.317 e. The number of piperazine rings is 1. The second-order valence-corrected chi connectivity index (χ2v) is 5.11.